The summed E-state index contributed by atoms with van der Waals surface area (Å²) in [6.07, 6.45) is 0. The van der Waals surface area contributed by atoms with Crippen molar-refractivity contribution < 1.29 is 27.8 Å². The minimum atomic E-state index is -3.75. The van der Waals surface area contributed by atoms with E-state index >= 15 is 0 Å². The normalized spacial score (nSPS) is 14.2. The Labute approximate surface area is 110 Å². The molecule has 0 aliphatic carbocycles. The molecule has 0 saturated heterocycles. The Morgan fingerprint density at radius 2 is 1.89 bits per heavy atom. The lowest BCUT2D eigenvalue weighted by Gasteiger charge is -2.22. The van der Waals surface area contributed by atoms with Gasteiger partial charge in [0.2, 0.25) is 0 Å². The number of carbonyl (C=O) groups excluding carboxylic acids is 1. The molecule has 98 valence electrons. The zero-order valence-electron chi connectivity index (χ0n) is 9.34. The van der Waals surface area contributed by atoms with Crippen molar-refractivity contribution in [1.29, 1.82) is 0 Å². The van der Waals surface area contributed by atoms with E-state index in [1.165, 1.54) is 6.07 Å². The summed E-state index contributed by atoms with van der Waals surface area (Å²) in [7, 11) is 0.905. The lowest BCUT2D eigenvalue weighted by atomic mass is 10.1. The fraction of sp³-hybridized carbons (Fsp3) is 0.364. The Hall–Kier alpha value is -1.37. The van der Waals surface area contributed by atoms with Gasteiger partial charge in [-0.1, -0.05) is 15.9 Å². The molecule has 0 unspecified atom stereocenters. The topological polar surface area (TPSA) is 44.8 Å². The van der Waals surface area contributed by atoms with Crippen LogP contribution in [0.1, 0.15) is 5.56 Å². The highest BCUT2D eigenvalue weighted by Crippen LogP contribution is 2.42. The number of ether oxygens (including phenoxy) is 3. The molecule has 0 atom stereocenters. The molecule has 1 aromatic rings. The van der Waals surface area contributed by atoms with Crippen molar-refractivity contribution in [1.82, 2.24) is 0 Å². The summed E-state index contributed by atoms with van der Waals surface area (Å²) >= 11 is 2.99. The van der Waals surface area contributed by atoms with Gasteiger partial charge in [-0.3, -0.25) is 0 Å². The van der Waals surface area contributed by atoms with E-state index in [0.29, 0.717) is 12.4 Å². The molecule has 0 amide bonds. The van der Waals surface area contributed by atoms with Crippen LogP contribution in [0.5, 0.6) is 11.5 Å². The number of benzene rings is 1. The Morgan fingerprint density at radius 1 is 1.33 bits per heavy atom. The molecular formula is C11H9BrF2O4. The number of carbonyl (C=O) groups is 1. The van der Waals surface area contributed by atoms with Gasteiger partial charge in [0.15, 0.2) is 11.5 Å². The molecule has 0 spiro atoms. The van der Waals surface area contributed by atoms with Gasteiger partial charge < -0.3 is 14.2 Å². The monoisotopic (exact) mass is 322 g/mol. The Bertz CT molecular complexity index is 490. The van der Waals surface area contributed by atoms with Crippen molar-refractivity contribution in [3.63, 3.8) is 0 Å². The average Bonchev–Trinajstić information content (AvgIpc) is 2.36. The number of methoxy groups -OCH3 is 1. The SMILES string of the molecule is COC(=O)C(F)(F)c1cc2c(cc1Br)OCCO2. The van der Waals surface area contributed by atoms with Crippen LogP contribution in [0.15, 0.2) is 16.6 Å². The van der Waals surface area contributed by atoms with Gasteiger partial charge in [-0.2, -0.15) is 8.78 Å². The van der Waals surface area contributed by atoms with E-state index < -0.39 is 17.5 Å². The van der Waals surface area contributed by atoms with Gasteiger partial charge in [-0.25, -0.2) is 4.79 Å². The molecule has 0 saturated carbocycles. The first-order chi connectivity index (χ1) is 8.46. The molecule has 0 fully saturated rings. The zero-order chi connectivity index (χ0) is 13.3. The molecule has 0 aromatic heterocycles. The minimum Gasteiger partial charge on any atom is -0.486 e. The van der Waals surface area contributed by atoms with Crippen LogP contribution in [0, 0.1) is 0 Å². The third-order valence-electron chi connectivity index (χ3n) is 2.41. The second kappa shape index (κ2) is 4.72. The molecule has 18 heavy (non-hydrogen) atoms. The summed E-state index contributed by atoms with van der Waals surface area (Å²) in [4.78, 5) is 11.1. The number of hydrogen-bond donors (Lipinski definition) is 0. The van der Waals surface area contributed by atoms with Gasteiger partial charge in [0.1, 0.15) is 13.2 Å². The number of halogens is 3. The van der Waals surface area contributed by atoms with Crippen LogP contribution in [0.25, 0.3) is 0 Å². The van der Waals surface area contributed by atoms with E-state index in [1.54, 1.807) is 0 Å². The molecule has 2 rings (SSSR count). The fourth-order valence-electron chi connectivity index (χ4n) is 1.54. The van der Waals surface area contributed by atoms with Crippen molar-refractivity contribution in [2.24, 2.45) is 0 Å². The van der Waals surface area contributed by atoms with E-state index in [2.05, 4.69) is 20.7 Å². The first-order valence-electron chi connectivity index (χ1n) is 5.02. The molecular weight excluding hydrogens is 314 g/mol. The third kappa shape index (κ3) is 2.14. The van der Waals surface area contributed by atoms with Gasteiger partial charge in [-0.15, -0.1) is 0 Å². The quantitative estimate of drug-likeness (QED) is 0.785. The maximum absolute atomic E-state index is 13.8. The summed E-state index contributed by atoms with van der Waals surface area (Å²) in [5, 5.41) is 0. The minimum absolute atomic E-state index is 0.0575. The Morgan fingerprint density at radius 3 is 2.44 bits per heavy atom. The van der Waals surface area contributed by atoms with Gasteiger partial charge in [0.05, 0.1) is 12.7 Å². The highest BCUT2D eigenvalue weighted by molar-refractivity contribution is 9.10. The molecule has 0 bridgehead atoms. The van der Waals surface area contributed by atoms with Crippen LogP contribution >= 0.6 is 15.9 Å². The highest BCUT2D eigenvalue weighted by atomic mass is 79.9. The Balaban J connectivity index is 2.48. The van der Waals surface area contributed by atoms with Crippen molar-refractivity contribution in [3.8, 4) is 11.5 Å². The van der Waals surface area contributed by atoms with Crippen molar-refractivity contribution >= 4 is 21.9 Å². The van der Waals surface area contributed by atoms with Crippen LogP contribution in [-0.2, 0) is 15.5 Å². The van der Waals surface area contributed by atoms with Crippen LogP contribution in [-0.4, -0.2) is 26.3 Å². The number of hydrogen-bond acceptors (Lipinski definition) is 4. The van der Waals surface area contributed by atoms with Crippen LogP contribution in [0.4, 0.5) is 8.78 Å². The van der Waals surface area contributed by atoms with E-state index in [4.69, 9.17) is 9.47 Å². The summed E-state index contributed by atoms with van der Waals surface area (Å²) < 4.78 is 42.1. The van der Waals surface area contributed by atoms with Gasteiger partial charge in [0.25, 0.3) is 0 Å². The van der Waals surface area contributed by atoms with E-state index in [-0.39, 0.29) is 16.8 Å². The van der Waals surface area contributed by atoms with E-state index in [1.807, 2.05) is 0 Å². The van der Waals surface area contributed by atoms with Crippen molar-refractivity contribution in [2.45, 2.75) is 5.92 Å². The Kier molecular flexibility index (Phi) is 3.43. The molecule has 4 nitrogen and oxygen atoms in total. The number of fused-ring (bicyclic) bond motifs is 1. The van der Waals surface area contributed by atoms with Crippen molar-refractivity contribution in [3.05, 3.63) is 22.2 Å². The van der Waals surface area contributed by atoms with Crippen LogP contribution in [0.2, 0.25) is 0 Å². The second-order valence-corrected chi connectivity index (χ2v) is 4.40. The first kappa shape index (κ1) is 13.1. The second-order valence-electron chi connectivity index (χ2n) is 3.54. The van der Waals surface area contributed by atoms with Crippen LogP contribution in [0.3, 0.4) is 0 Å². The molecule has 0 N–H and O–H groups in total. The fourth-order valence-corrected chi connectivity index (χ4v) is 2.11. The molecule has 7 heteroatoms. The summed E-state index contributed by atoms with van der Waals surface area (Å²) in [6.45, 7) is 0.629. The summed E-state index contributed by atoms with van der Waals surface area (Å²) in [5.41, 5.74) is -0.515. The predicted octanol–water partition coefficient (Wildman–Crippen LogP) is 2.49. The summed E-state index contributed by atoms with van der Waals surface area (Å²) in [6, 6.07) is 2.43. The molecule has 1 heterocycles. The molecule has 1 aliphatic heterocycles. The molecule has 1 aliphatic rings. The highest BCUT2D eigenvalue weighted by Gasteiger charge is 2.44. The lowest BCUT2D eigenvalue weighted by molar-refractivity contribution is -0.170. The molecule has 1 aromatic carbocycles. The average molecular weight is 323 g/mol. The molecule has 0 radical (unpaired) electrons. The predicted molar refractivity (Wildman–Crippen MR) is 61.0 cm³/mol. The summed E-state index contributed by atoms with van der Waals surface area (Å²) in [5.74, 6) is -4.83. The van der Waals surface area contributed by atoms with Crippen molar-refractivity contribution in [2.75, 3.05) is 20.3 Å². The first-order valence-corrected chi connectivity index (χ1v) is 5.82. The third-order valence-corrected chi connectivity index (χ3v) is 3.07. The number of rotatable bonds is 2. The number of alkyl halides is 2. The smallest absolute Gasteiger partial charge is 0.381 e. The van der Waals surface area contributed by atoms with Gasteiger partial charge >= 0.3 is 11.9 Å². The van der Waals surface area contributed by atoms with Gasteiger partial charge in [-0.05, 0) is 12.1 Å². The lowest BCUT2D eigenvalue weighted by Crippen LogP contribution is -2.28. The maximum Gasteiger partial charge on any atom is 0.381 e. The maximum atomic E-state index is 13.8. The van der Waals surface area contributed by atoms with Gasteiger partial charge in [0, 0.05) is 4.47 Å². The van der Waals surface area contributed by atoms with E-state index in [9.17, 15) is 13.6 Å². The van der Waals surface area contributed by atoms with Crippen LogP contribution < -0.4 is 9.47 Å². The zero-order valence-corrected chi connectivity index (χ0v) is 10.9. The van der Waals surface area contributed by atoms with E-state index in [0.717, 1.165) is 13.2 Å². The standard InChI is InChI=1S/C11H9BrF2O4/c1-16-10(15)11(13,14)6-4-8-9(5-7(6)12)18-3-2-17-8/h4-5H,2-3H2,1H3. The number of esters is 1. The largest absolute Gasteiger partial charge is 0.486 e.